The Balaban J connectivity index is 2.25. The highest BCUT2D eigenvalue weighted by Gasteiger charge is 2.16. The number of rotatable bonds is 0. The fourth-order valence-corrected chi connectivity index (χ4v) is 3.49. The standard InChI is InChI=1S/C18H9ClN2O/c19-13-9-8-12-16-10(13)4-3-5-11(16)17-20-14-6-1-2-7-15(14)21(17)18(12)22/h1-9H. The topological polar surface area (TPSA) is 34.4 Å². The molecule has 4 heteroatoms. The van der Waals surface area contributed by atoms with Gasteiger partial charge >= 0.3 is 0 Å². The van der Waals surface area contributed by atoms with Gasteiger partial charge in [0, 0.05) is 26.6 Å². The molecule has 0 aliphatic carbocycles. The van der Waals surface area contributed by atoms with Gasteiger partial charge in [-0.3, -0.25) is 9.20 Å². The molecule has 22 heavy (non-hydrogen) atoms. The summed E-state index contributed by atoms with van der Waals surface area (Å²) < 4.78 is 1.69. The van der Waals surface area contributed by atoms with E-state index in [1.54, 1.807) is 16.5 Å². The van der Waals surface area contributed by atoms with E-state index in [1.807, 2.05) is 42.5 Å². The second-order valence-corrected chi connectivity index (χ2v) is 5.79. The smallest absolute Gasteiger partial charge is 0.264 e. The van der Waals surface area contributed by atoms with Crippen molar-refractivity contribution in [2.24, 2.45) is 0 Å². The number of fused-ring (bicyclic) bond motifs is 4. The first kappa shape index (κ1) is 12.0. The van der Waals surface area contributed by atoms with Crippen LogP contribution in [0.2, 0.25) is 5.02 Å². The number of pyridine rings is 1. The lowest BCUT2D eigenvalue weighted by Crippen LogP contribution is -2.13. The Hall–Kier alpha value is -2.65. The molecule has 0 amide bonds. The third kappa shape index (κ3) is 1.32. The molecule has 0 saturated carbocycles. The van der Waals surface area contributed by atoms with Crippen molar-refractivity contribution >= 4 is 49.8 Å². The number of nitrogens with zero attached hydrogens (tertiary/aromatic N) is 2. The summed E-state index contributed by atoms with van der Waals surface area (Å²) >= 11 is 6.30. The molecule has 0 N–H and O–H groups in total. The Morgan fingerprint density at radius 2 is 1.68 bits per heavy atom. The van der Waals surface area contributed by atoms with E-state index in [0.717, 1.165) is 27.2 Å². The largest absolute Gasteiger partial charge is 0.268 e. The molecule has 5 aromatic rings. The van der Waals surface area contributed by atoms with E-state index < -0.39 is 0 Å². The highest BCUT2D eigenvalue weighted by atomic mass is 35.5. The Bertz CT molecular complexity index is 1260. The second-order valence-electron chi connectivity index (χ2n) is 5.39. The summed E-state index contributed by atoms with van der Waals surface area (Å²) in [6.07, 6.45) is 0. The van der Waals surface area contributed by atoms with Crippen LogP contribution in [0, 0.1) is 0 Å². The molecule has 104 valence electrons. The Morgan fingerprint density at radius 3 is 2.59 bits per heavy atom. The van der Waals surface area contributed by atoms with Gasteiger partial charge in [-0.25, -0.2) is 4.98 Å². The highest BCUT2D eigenvalue weighted by Crippen LogP contribution is 2.33. The molecule has 0 radical (unpaired) electrons. The first-order valence-corrected chi connectivity index (χ1v) is 7.37. The molecule has 3 aromatic carbocycles. The van der Waals surface area contributed by atoms with Gasteiger partial charge in [0.25, 0.3) is 5.56 Å². The van der Waals surface area contributed by atoms with Crippen LogP contribution < -0.4 is 5.56 Å². The van der Waals surface area contributed by atoms with Crippen LogP contribution in [0.1, 0.15) is 0 Å². The number of benzene rings is 3. The van der Waals surface area contributed by atoms with Crippen molar-refractivity contribution < 1.29 is 0 Å². The summed E-state index contributed by atoms with van der Waals surface area (Å²) in [5.74, 6) is 0. The Morgan fingerprint density at radius 1 is 0.864 bits per heavy atom. The maximum Gasteiger partial charge on any atom is 0.264 e. The number of imidazole rings is 1. The van der Waals surface area contributed by atoms with Gasteiger partial charge in [-0.15, -0.1) is 0 Å². The average Bonchev–Trinajstić information content (AvgIpc) is 2.94. The zero-order chi connectivity index (χ0) is 14.8. The predicted octanol–water partition coefficient (Wildman–Crippen LogP) is 4.25. The minimum atomic E-state index is -0.0518. The summed E-state index contributed by atoms with van der Waals surface area (Å²) in [5, 5.41) is 4.06. The first-order valence-electron chi connectivity index (χ1n) is 6.99. The number of para-hydroxylation sites is 2. The predicted molar refractivity (Wildman–Crippen MR) is 90.2 cm³/mol. The first-order chi connectivity index (χ1) is 10.8. The Kier molecular flexibility index (Phi) is 2.15. The van der Waals surface area contributed by atoms with E-state index in [9.17, 15) is 4.79 Å². The van der Waals surface area contributed by atoms with E-state index in [4.69, 9.17) is 11.6 Å². The lowest BCUT2D eigenvalue weighted by Gasteiger charge is -2.08. The summed E-state index contributed by atoms with van der Waals surface area (Å²) in [5.41, 5.74) is 2.29. The SMILES string of the molecule is O=c1c2ccc(Cl)c3cccc(c32)c2nc3ccccc3n12. The molecule has 0 aliphatic rings. The average molecular weight is 305 g/mol. The van der Waals surface area contributed by atoms with Crippen molar-refractivity contribution in [3.63, 3.8) is 0 Å². The van der Waals surface area contributed by atoms with Crippen LogP contribution in [0.25, 0.3) is 38.2 Å². The molecular weight excluding hydrogens is 296 g/mol. The van der Waals surface area contributed by atoms with Crippen LogP contribution in [0.5, 0.6) is 0 Å². The van der Waals surface area contributed by atoms with Gasteiger partial charge in [0.2, 0.25) is 0 Å². The highest BCUT2D eigenvalue weighted by molar-refractivity contribution is 6.37. The molecule has 2 heterocycles. The lowest BCUT2D eigenvalue weighted by molar-refractivity contribution is 1.19. The molecule has 0 atom stereocenters. The van der Waals surface area contributed by atoms with Crippen LogP contribution >= 0.6 is 11.6 Å². The van der Waals surface area contributed by atoms with Gasteiger partial charge in [0.15, 0.2) is 0 Å². The molecule has 0 saturated heterocycles. The molecule has 0 spiro atoms. The van der Waals surface area contributed by atoms with Crippen molar-refractivity contribution in [1.82, 2.24) is 9.38 Å². The number of hydrogen-bond donors (Lipinski definition) is 0. The molecule has 0 aliphatic heterocycles. The molecule has 2 aromatic heterocycles. The van der Waals surface area contributed by atoms with Crippen LogP contribution in [0.3, 0.4) is 0 Å². The van der Waals surface area contributed by atoms with E-state index in [0.29, 0.717) is 16.1 Å². The fourth-order valence-electron chi connectivity index (χ4n) is 3.27. The monoisotopic (exact) mass is 304 g/mol. The van der Waals surface area contributed by atoms with Crippen LogP contribution in [-0.2, 0) is 0 Å². The van der Waals surface area contributed by atoms with Crippen molar-refractivity contribution in [3.8, 4) is 0 Å². The van der Waals surface area contributed by atoms with E-state index in [2.05, 4.69) is 4.98 Å². The van der Waals surface area contributed by atoms with Gasteiger partial charge < -0.3 is 0 Å². The zero-order valence-electron chi connectivity index (χ0n) is 11.4. The van der Waals surface area contributed by atoms with Crippen molar-refractivity contribution in [2.45, 2.75) is 0 Å². The molecular formula is C18H9ClN2O. The van der Waals surface area contributed by atoms with Gasteiger partial charge in [-0.05, 0) is 24.3 Å². The lowest BCUT2D eigenvalue weighted by atomic mass is 10.0. The summed E-state index contributed by atoms with van der Waals surface area (Å²) in [6, 6.07) is 17.2. The van der Waals surface area contributed by atoms with Gasteiger partial charge in [-0.1, -0.05) is 41.9 Å². The third-order valence-electron chi connectivity index (χ3n) is 4.22. The third-order valence-corrected chi connectivity index (χ3v) is 4.55. The summed E-state index contributed by atoms with van der Waals surface area (Å²) in [6.45, 7) is 0. The minimum absolute atomic E-state index is 0.0518. The normalized spacial score (nSPS) is 12.0. The number of aromatic nitrogens is 2. The molecule has 0 unspecified atom stereocenters. The number of hydrogen-bond acceptors (Lipinski definition) is 2. The maximum absolute atomic E-state index is 13.0. The molecule has 3 nitrogen and oxygen atoms in total. The molecule has 0 fully saturated rings. The van der Waals surface area contributed by atoms with Crippen molar-refractivity contribution in [1.29, 1.82) is 0 Å². The quantitative estimate of drug-likeness (QED) is 0.429. The van der Waals surface area contributed by atoms with Crippen LogP contribution in [0.4, 0.5) is 0 Å². The molecule has 0 bridgehead atoms. The van der Waals surface area contributed by atoms with Gasteiger partial charge in [0.1, 0.15) is 5.65 Å². The van der Waals surface area contributed by atoms with Crippen molar-refractivity contribution in [2.75, 3.05) is 0 Å². The maximum atomic E-state index is 13.0. The van der Waals surface area contributed by atoms with Gasteiger partial charge in [0.05, 0.1) is 11.0 Å². The summed E-state index contributed by atoms with van der Waals surface area (Å²) in [7, 11) is 0. The fraction of sp³-hybridized carbons (Fsp3) is 0. The Labute approximate surface area is 129 Å². The van der Waals surface area contributed by atoms with Gasteiger partial charge in [-0.2, -0.15) is 0 Å². The van der Waals surface area contributed by atoms with Crippen LogP contribution in [-0.4, -0.2) is 9.38 Å². The van der Waals surface area contributed by atoms with Crippen LogP contribution in [0.15, 0.2) is 59.4 Å². The summed E-state index contributed by atoms with van der Waals surface area (Å²) in [4.78, 5) is 17.6. The van der Waals surface area contributed by atoms with E-state index >= 15 is 0 Å². The van der Waals surface area contributed by atoms with Crippen molar-refractivity contribution in [3.05, 3.63) is 70.0 Å². The van der Waals surface area contributed by atoms with E-state index in [1.165, 1.54) is 0 Å². The minimum Gasteiger partial charge on any atom is -0.268 e. The zero-order valence-corrected chi connectivity index (χ0v) is 12.1. The molecule has 5 rings (SSSR count). The van der Waals surface area contributed by atoms with E-state index in [-0.39, 0.29) is 5.56 Å². The second kappa shape index (κ2) is 3.96. The number of halogens is 1.